The first-order valence-corrected chi connectivity index (χ1v) is 9.94. The molecule has 2 aromatic rings. The highest BCUT2D eigenvalue weighted by molar-refractivity contribution is 6.00. The number of benzene rings is 1. The highest BCUT2D eigenvalue weighted by atomic mass is 16.5. The number of rotatable bonds is 5. The second-order valence-corrected chi connectivity index (χ2v) is 8.30. The second kappa shape index (κ2) is 6.81. The zero-order valence-electron chi connectivity index (χ0n) is 17.1. The molecule has 3 heterocycles. The second-order valence-electron chi connectivity index (χ2n) is 8.30. The van der Waals surface area contributed by atoms with Crippen molar-refractivity contribution in [3.8, 4) is 5.75 Å². The maximum atomic E-state index is 13.5. The van der Waals surface area contributed by atoms with Gasteiger partial charge in [-0.15, -0.1) is 0 Å². The van der Waals surface area contributed by atoms with Gasteiger partial charge in [-0.25, -0.2) is 0 Å². The molecule has 1 saturated heterocycles. The Morgan fingerprint density at radius 3 is 2.79 bits per heavy atom. The Hall–Kier alpha value is -2.54. The number of aromatic nitrogens is 1. The number of fused-ring (bicyclic) bond motifs is 5. The van der Waals surface area contributed by atoms with Crippen molar-refractivity contribution in [2.45, 2.75) is 25.3 Å². The number of nitrogens with one attached hydrogen (secondary N) is 2. The molecule has 2 aliphatic rings. The molecule has 0 saturated carbocycles. The summed E-state index contributed by atoms with van der Waals surface area (Å²) in [6, 6.07) is 5.90. The van der Waals surface area contributed by atoms with Crippen molar-refractivity contribution >= 4 is 22.7 Å². The Labute approximate surface area is 165 Å². The average molecular weight is 385 g/mol. The van der Waals surface area contributed by atoms with Crippen LogP contribution in [0.15, 0.2) is 18.2 Å². The quantitative estimate of drug-likeness (QED) is 0.770. The van der Waals surface area contributed by atoms with Gasteiger partial charge in [0.1, 0.15) is 5.75 Å². The lowest BCUT2D eigenvalue weighted by molar-refractivity contribution is -0.858. The molecule has 0 aliphatic carbocycles. The van der Waals surface area contributed by atoms with Gasteiger partial charge >= 0.3 is 0 Å². The van der Waals surface area contributed by atoms with E-state index in [0.717, 1.165) is 47.3 Å². The van der Waals surface area contributed by atoms with Gasteiger partial charge in [0.2, 0.25) is 5.91 Å². The predicted octanol–water partition coefficient (Wildman–Crippen LogP) is 0.153. The van der Waals surface area contributed by atoms with Crippen molar-refractivity contribution in [2.24, 2.45) is 0 Å². The number of amides is 2. The van der Waals surface area contributed by atoms with Crippen LogP contribution < -0.4 is 9.64 Å². The molecule has 1 atom stereocenters. The van der Waals surface area contributed by atoms with Gasteiger partial charge < -0.3 is 24.4 Å². The number of hydrogen-bond acceptors (Lipinski definition) is 3. The van der Waals surface area contributed by atoms with E-state index in [9.17, 15) is 9.59 Å². The van der Waals surface area contributed by atoms with Crippen LogP contribution in [-0.2, 0) is 21.5 Å². The fourth-order valence-corrected chi connectivity index (χ4v) is 4.64. The molecule has 2 amide bonds. The highest BCUT2D eigenvalue weighted by Gasteiger charge is 2.53. The minimum absolute atomic E-state index is 0.0142. The molecule has 150 valence electrons. The van der Waals surface area contributed by atoms with Gasteiger partial charge in [-0.2, -0.15) is 0 Å². The van der Waals surface area contributed by atoms with E-state index in [1.807, 2.05) is 25.1 Å². The molecule has 7 heteroatoms. The highest BCUT2D eigenvalue weighted by Crippen LogP contribution is 2.42. The molecule has 0 spiro atoms. The largest absolute Gasteiger partial charge is 0.497 e. The van der Waals surface area contributed by atoms with Crippen LogP contribution >= 0.6 is 0 Å². The molecule has 28 heavy (non-hydrogen) atoms. The number of aromatic amines is 1. The number of ether oxygens (including phenoxy) is 1. The summed E-state index contributed by atoms with van der Waals surface area (Å²) in [5.41, 5.74) is 1.97. The maximum absolute atomic E-state index is 13.5. The van der Waals surface area contributed by atoms with Gasteiger partial charge in [0.25, 0.3) is 5.91 Å². The van der Waals surface area contributed by atoms with E-state index in [2.05, 4.69) is 19.1 Å². The standard InChI is InChI=1S/C21H28N4O3/c1-21-19-15(16-12-14(28-4)6-7-17(16)22-19)8-11-25(21)18(26)13-24(20(21)27)10-5-9-23(2)3/h6-7,12,22H,5,8-11,13H2,1-4H3/p+1/t21-/m0/s1. The zero-order valence-corrected chi connectivity index (χ0v) is 17.1. The lowest BCUT2D eigenvalue weighted by atomic mass is 9.83. The van der Waals surface area contributed by atoms with Crippen molar-refractivity contribution in [3.63, 3.8) is 0 Å². The Kier molecular flexibility index (Phi) is 4.57. The normalized spacial score (nSPS) is 22.0. The summed E-state index contributed by atoms with van der Waals surface area (Å²) in [6.07, 6.45) is 1.62. The minimum atomic E-state index is -0.972. The summed E-state index contributed by atoms with van der Waals surface area (Å²) in [6.45, 7) is 4.22. The summed E-state index contributed by atoms with van der Waals surface area (Å²) in [5.74, 6) is 0.835. The Bertz CT molecular complexity index is 935. The summed E-state index contributed by atoms with van der Waals surface area (Å²) in [4.78, 5) is 34.7. The Morgan fingerprint density at radius 1 is 1.29 bits per heavy atom. The van der Waals surface area contributed by atoms with Gasteiger partial charge in [0, 0.05) is 30.4 Å². The average Bonchev–Trinajstić information content (AvgIpc) is 3.04. The molecule has 1 aromatic heterocycles. The molecule has 2 aliphatic heterocycles. The summed E-state index contributed by atoms with van der Waals surface area (Å²) in [7, 11) is 5.84. The van der Waals surface area contributed by atoms with E-state index in [-0.39, 0.29) is 18.4 Å². The SMILES string of the molecule is COc1ccc2[nH]c3c(c2c1)CCN1C(=O)CN(CCC[NH+](C)C)C(=O)[C@]31C. The van der Waals surface area contributed by atoms with Crippen molar-refractivity contribution in [1.29, 1.82) is 0 Å². The predicted molar refractivity (Wildman–Crippen MR) is 106 cm³/mol. The number of hydrogen-bond donors (Lipinski definition) is 2. The maximum Gasteiger partial charge on any atom is 0.254 e. The van der Waals surface area contributed by atoms with E-state index in [4.69, 9.17) is 4.74 Å². The van der Waals surface area contributed by atoms with Crippen LogP contribution in [0.1, 0.15) is 24.6 Å². The van der Waals surface area contributed by atoms with E-state index < -0.39 is 5.54 Å². The van der Waals surface area contributed by atoms with Gasteiger partial charge in [-0.1, -0.05) is 0 Å². The molecule has 2 N–H and O–H groups in total. The van der Waals surface area contributed by atoms with Crippen molar-refractivity contribution < 1.29 is 19.2 Å². The zero-order chi connectivity index (χ0) is 20.1. The number of carbonyl (C=O) groups is 2. The summed E-state index contributed by atoms with van der Waals surface area (Å²) >= 11 is 0. The van der Waals surface area contributed by atoms with Crippen LogP contribution in [0.25, 0.3) is 10.9 Å². The lowest BCUT2D eigenvalue weighted by Gasteiger charge is -2.49. The molecule has 0 unspecified atom stereocenters. The van der Waals surface area contributed by atoms with Gasteiger partial charge in [-0.05, 0) is 37.1 Å². The Morgan fingerprint density at radius 2 is 2.07 bits per heavy atom. The third kappa shape index (κ3) is 2.76. The molecule has 7 nitrogen and oxygen atoms in total. The molecular weight excluding hydrogens is 356 g/mol. The third-order valence-electron chi connectivity index (χ3n) is 6.16. The first-order chi connectivity index (χ1) is 13.4. The number of H-pyrrole nitrogens is 1. The van der Waals surface area contributed by atoms with Gasteiger partial charge in [-0.3, -0.25) is 9.59 Å². The molecule has 0 radical (unpaired) electrons. The first-order valence-electron chi connectivity index (χ1n) is 9.94. The molecule has 1 fully saturated rings. The van der Waals surface area contributed by atoms with Gasteiger partial charge in [0.15, 0.2) is 5.54 Å². The van der Waals surface area contributed by atoms with Gasteiger partial charge in [0.05, 0.1) is 40.0 Å². The lowest BCUT2D eigenvalue weighted by Crippen LogP contribution is -3.05. The van der Waals surface area contributed by atoms with Crippen molar-refractivity contribution in [1.82, 2.24) is 14.8 Å². The minimum Gasteiger partial charge on any atom is -0.497 e. The first kappa shape index (κ1) is 18.8. The van der Waals surface area contributed by atoms with E-state index in [1.54, 1.807) is 16.9 Å². The summed E-state index contributed by atoms with van der Waals surface area (Å²) in [5, 5.41) is 1.07. The smallest absolute Gasteiger partial charge is 0.254 e. The number of methoxy groups -OCH3 is 1. The van der Waals surface area contributed by atoms with Crippen molar-refractivity contribution in [2.75, 3.05) is 47.4 Å². The van der Waals surface area contributed by atoms with Crippen LogP contribution in [0.2, 0.25) is 0 Å². The van der Waals surface area contributed by atoms with E-state index >= 15 is 0 Å². The van der Waals surface area contributed by atoms with Crippen LogP contribution in [0.4, 0.5) is 0 Å². The summed E-state index contributed by atoms with van der Waals surface area (Å²) < 4.78 is 5.38. The Balaban J connectivity index is 1.74. The van der Waals surface area contributed by atoms with Crippen LogP contribution in [0.5, 0.6) is 5.75 Å². The van der Waals surface area contributed by atoms with E-state index in [1.165, 1.54) is 4.90 Å². The topological polar surface area (TPSA) is 70.1 Å². The number of nitrogens with zero attached hydrogens (tertiary/aromatic N) is 2. The number of piperazine rings is 1. The van der Waals surface area contributed by atoms with Crippen LogP contribution in [0, 0.1) is 0 Å². The molecule has 4 rings (SSSR count). The van der Waals surface area contributed by atoms with Crippen LogP contribution in [-0.4, -0.2) is 74.0 Å². The number of carbonyl (C=O) groups excluding carboxylic acids is 2. The fourth-order valence-electron chi connectivity index (χ4n) is 4.64. The number of quaternary nitrogens is 1. The van der Waals surface area contributed by atoms with E-state index in [0.29, 0.717) is 13.1 Å². The third-order valence-corrected chi connectivity index (χ3v) is 6.16. The molecular formula is C21H29N4O3+. The fraction of sp³-hybridized carbons (Fsp3) is 0.524. The molecule has 0 bridgehead atoms. The molecule has 1 aromatic carbocycles. The monoisotopic (exact) mass is 385 g/mol. The van der Waals surface area contributed by atoms with Crippen LogP contribution in [0.3, 0.4) is 0 Å². The van der Waals surface area contributed by atoms with Crippen molar-refractivity contribution in [3.05, 3.63) is 29.5 Å².